The molecule has 0 bridgehead atoms. The van der Waals surface area contributed by atoms with Crippen LogP contribution >= 0.6 is 0 Å². The highest BCUT2D eigenvalue weighted by molar-refractivity contribution is 5.83. The molecule has 0 aliphatic heterocycles. The number of anilines is 1. The van der Waals surface area contributed by atoms with Crippen LogP contribution in [-0.4, -0.2) is 49.6 Å². The molecule has 0 saturated heterocycles. The van der Waals surface area contributed by atoms with E-state index in [1.54, 1.807) is 27.7 Å². The molecule has 0 aromatic carbocycles. The van der Waals surface area contributed by atoms with Crippen molar-refractivity contribution in [2.45, 2.75) is 39.3 Å². The van der Waals surface area contributed by atoms with Crippen molar-refractivity contribution in [3.05, 3.63) is 24.5 Å². The highest BCUT2D eigenvalue weighted by Crippen LogP contribution is 2.16. The second kappa shape index (κ2) is 7.76. The van der Waals surface area contributed by atoms with E-state index in [2.05, 4.69) is 35.4 Å². The predicted molar refractivity (Wildman–Crippen MR) is 90.8 cm³/mol. The summed E-state index contributed by atoms with van der Waals surface area (Å²) in [6, 6.07) is 0.995. The van der Waals surface area contributed by atoms with Gasteiger partial charge in [0.2, 0.25) is 0 Å². The van der Waals surface area contributed by atoms with Crippen LogP contribution in [-0.2, 0) is 9.47 Å². The molecular weight excluding hydrogens is 342 g/mol. The summed E-state index contributed by atoms with van der Waals surface area (Å²) >= 11 is 0. The number of nitrogens with zero attached hydrogens (tertiary/aromatic N) is 5. The first kappa shape index (κ1) is 19.1. The second-order valence-electron chi connectivity index (χ2n) is 6.28. The Bertz CT molecular complexity index is 784. The third kappa shape index (κ3) is 5.13. The number of carbonyl (C=O) groups excluding carboxylic acids is 2. The van der Waals surface area contributed by atoms with Crippen LogP contribution in [0.4, 0.5) is 15.4 Å². The maximum absolute atomic E-state index is 11.9. The number of carbonyl (C=O) groups is 2. The molecule has 2 N–H and O–H groups in total. The number of hydrogen-bond acceptors (Lipinski definition) is 8. The van der Waals surface area contributed by atoms with Crippen molar-refractivity contribution in [3.8, 4) is 5.82 Å². The maximum atomic E-state index is 11.9. The third-order valence-electron chi connectivity index (χ3n) is 2.98. The van der Waals surface area contributed by atoms with Crippen LogP contribution in [0.15, 0.2) is 18.7 Å². The van der Waals surface area contributed by atoms with Gasteiger partial charge in [-0.25, -0.2) is 24.5 Å². The van der Waals surface area contributed by atoms with Gasteiger partial charge in [0.15, 0.2) is 11.6 Å². The molecule has 0 spiro atoms. The van der Waals surface area contributed by atoms with Crippen LogP contribution < -0.4 is 10.6 Å². The summed E-state index contributed by atoms with van der Waals surface area (Å²) in [5, 5.41) is 9.23. The van der Waals surface area contributed by atoms with Gasteiger partial charge in [-0.2, -0.15) is 9.78 Å². The molecule has 0 aliphatic rings. The summed E-state index contributed by atoms with van der Waals surface area (Å²) in [6.07, 6.45) is 1.36. The molecular formula is C15H21N7O4. The van der Waals surface area contributed by atoms with Crippen LogP contribution in [0.2, 0.25) is 0 Å². The SMILES string of the molecule is COC(=O)Nc1cc(-n2ncnc2C(C)NC(=O)OC(C)(C)C)ncn1. The first-order chi connectivity index (χ1) is 12.2. The van der Waals surface area contributed by atoms with Crippen molar-refractivity contribution < 1.29 is 19.1 Å². The topological polar surface area (TPSA) is 133 Å². The van der Waals surface area contributed by atoms with Gasteiger partial charge in [0.1, 0.15) is 24.1 Å². The highest BCUT2D eigenvalue weighted by Gasteiger charge is 2.22. The van der Waals surface area contributed by atoms with Gasteiger partial charge in [-0.1, -0.05) is 0 Å². The lowest BCUT2D eigenvalue weighted by Gasteiger charge is -2.21. The summed E-state index contributed by atoms with van der Waals surface area (Å²) in [7, 11) is 1.25. The minimum Gasteiger partial charge on any atom is -0.453 e. The van der Waals surface area contributed by atoms with E-state index in [9.17, 15) is 9.59 Å². The molecule has 2 heterocycles. The van der Waals surface area contributed by atoms with Gasteiger partial charge in [-0.15, -0.1) is 0 Å². The number of rotatable bonds is 4. The number of amides is 2. The number of alkyl carbamates (subject to hydrolysis) is 1. The summed E-state index contributed by atoms with van der Waals surface area (Å²) < 4.78 is 11.2. The van der Waals surface area contributed by atoms with Crippen LogP contribution in [0, 0.1) is 0 Å². The van der Waals surface area contributed by atoms with E-state index in [0.717, 1.165) is 0 Å². The summed E-state index contributed by atoms with van der Waals surface area (Å²) in [5.74, 6) is 1.02. The molecule has 2 aromatic heterocycles. The van der Waals surface area contributed by atoms with Gasteiger partial charge in [0.25, 0.3) is 0 Å². The molecule has 0 radical (unpaired) electrons. The summed E-state index contributed by atoms with van der Waals surface area (Å²) in [5.41, 5.74) is -0.613. The zero-order valence-corrected chi connectivity index (χ0v) is 15.2. The van der Waals surface area contributed by atoms with Gasteiger partial charge in [-0.05, 0) is 27.7 Å². The standard InChI is InChI=1S/C15H21N7O4/c1-9(20-14(24)26-15(2,3)4)12-18-8-19-22(12)11-6-10(16-7-17-11)21-13(23)25-5/h6-9H,1-5H3,(H,20,24)(H,16,17,21,23). The fourth-order valence-corrected chi connectivity index (χ4v) is 1.96. The Morgan fingerprint density at radius 1 is 1.15 bits per heavy atom. The predicted octanol–water partition coefficient (Wildman–Crippen LogP) is 1.82. The Hall–Kier alpha value is -3.24. The Labute approximate surface area is 150 Å². The molecule has 2 amide bonds. The molecule has 0 saturated carbocycles. The molecule has 0 aliphatic carbocycles. The number of aromatic nitrogens is 5. The Morgan fingerprint density at radius 3 is 2.54 bits per heavy atom. The van der Waals surface area contributed by atoms with Crippen LogP contribution in [0.1, 0.15) is 39.6 Å². The summed E-state index contributed by atoms with van der Waals surface area (Å²) in [4.78, 5) is 35.4. The fraction of sp³-hybridized carbons (Fsp3) is 0.467. The van der Waals surface area contributed by atoms with Gasteiger partial charge >= 0.3 is 12.2 Å². The van der Waals surface area contributed by atoms with Crippen molar-refractivity contribution >= 4 is 18.0 Å². The van der Waals surface area contributed by atoms with Gasteiger partial charge < -0.3 is 14.8 Å². The lowest BCUT2D eigenvalue weighted by molar-refractivity contribution is 0.0505. The summed E-state index contributed by atoms with van der Waals surface area (Å²) in [6.45, 7) is 7.06. The lowest BCUT2D eigenvalue weighted by atomic mass is 10.2. The van der Waals surface area contributed by atoms with E-state index in [-0.39, 0.29) is 5.82 Å². The van der Waals surface area contributed by atoms with E-state index in [4.69, 9.17) is 4.74 Å². The average molecular weight is 363 g/mol. The first-order valence-corrected chi connectivity index (χ1v) is 7.76. The Balaban J connectivity index is 2.18. The van der Waals surface area contributed by atoms with Crippen molar-refractivity contribution in [3.63, 3.8) is 0 Å². The van der Waals surface area contributed by atoms with Gasteiger partial charge in [0.05, 0.1) is 13.2 Å². The van der Waals surface area contributed by atoms with Crippen LogP contribution in [0.5, 0.6) is 0 Å². The normalized spacial score (nSPS) is 12.2. The number of methoxy groups -OCH3 is 1. The zero-order valence-electron chi connectivity index (χ0n) is 15.2. The Morgan fingerprint density at radius 2 is 1.88 bits per heavy atom. The van der Waals surface area contributed by atoms with E-state index in [1.165, 1.54) is 30.5 Å². The van der Waals surface area contributed by atoms with Gasteiger partial charge in [0, 0.05) is 6.07 Å². The monoisotopic (exact) mass is 363 g/mol. The number of ether oxygens (including phenoxy) is 2. The van der Waals surface area contributed by atoms with Crippen molar-refractivity contribution in [1.29, 1.82) is 0 Å². The van der Waals surface area contributed by atoms with E-state index < -0.39 is 23.8 Å². The first-order valence-electron chi connectivity index (χ1n) is 7.76. The third-order valence-corrected chi connectivity index (χ3v) is 2.98. The molecule has 11 nitrogen and oxygen atoms in total. The van der Waals surface area contributed by atoms with Crippen LogP contribution in [0.25, 0.3) is 5.82 Å². The molecule has 11 heteroatoms. The highest BCUT2D eigenvalue weighted by atomic mass is 16.6. The van der Waals surface area contributed by atoms with Crippen LogP contribution in [0.3, 0.4) is 0 Å². The largest absolute Gasteiger partial charge is 0.453 e. The minimum atomic E-state index is -0.659. The fourth-order valence-electron chi connectivity index (χ4n) is 1.96. The number of hydrogen-bond donors (Lipinski definition) is 2. The smallest absolute Gasteiger partial charge is 0.412 e. The molecule has 2 aromatic rings. The molecule has 140 valence electrons. The van der Waals surface area contributed by atoms with Crippen molar-refractivity contribution in [2.24, 2.45) is 0 Å². The van der Waals surface area contributed by atoms with E-state index >= 15 is 0 Å². The van der Waals surface area contributed by atoms with Gasteiger partial charge in [-0.3, -0.25) is 5.32 Å². The molecule has 0 fully saturated rings. The quantitative estimate of drug-likeness (QED) is 0.840. The average Bonchev–Trinajstić information content (AvgIpc) is 3.02. The maximum Gasteiger partial charge on any atom is 0.412 e. The van der Waals surface area contributed by atoms with E-state index in [0.29, 0.717) is 11.6 Å². The second-order valence-corrected chi connectivity index (χ2v) is 6.28. The molecule has 2 rings (SSSR count). The molecule has 1 atom stereocenters. The zero-order chi connectivity index (χ0) is 19.3. The van der Waals surface area contributed by atoms with E-state index in [1.807, 2.05) is 0 Å². The molecule has 26 heavy (non-hydrogen) atoms. The lowest BCUT2D eigenvalue weighted by Crippen LogP contribution is -2.35. The minimum absolute atomic E-state index is 0.232. The van der Waals surface area contributed by atoms with Crippen molar-refractivity contribution in [1.82, 2.24) is 30.0 Å². The Kier molecular flexibility index (Phi) is 5.70. The molecule has 1 unspecified atom stereocenters. The van der Waals surface area contributed by atoms with Crippen molar-refractivity contribution in [2.75, 3.05) is 12.4 Å². The number of nitrogens with one attached hydrogen (secondary N) is 2.